The fourth-order valence-corrected chi connectivity index (χ4v) is 5.28. The molecular weight excluding hydrogens is 661 g/mol. The Balaban J connectivity index is 1.12. The van der Waals surface area contributed by atoms with Gasteiger partial charge in [0.05, 0.1) is 12.4 Å². The van der Waals surface area contributed by atoms with Gasteiger partial charge >= 0.3 is 0 Å². The van der Waals surface area contributed by atoms with Crippen LogP contribution in [-0.4, -0.2) is 27.4 Å². The average molecular weight is 697 g/mol. The molecule has 6 aromatic carbocycles. The summed E-state index contributed by atoms with van der Waals surface area (Å²) >= 11 is 0. The molecule has 0 aliphatic carbocycles. The molecule has 260 valence electrons. The number of nitrogens with one attached hydrogen (secondary N) is 2. The molecule has 0 radical (unpaired) electrons. The molecule has 2 N–H and O–H groups in total. The zero-order valence-electron chi connectivity index (χ0n) is 28.7. The van der Waals surface area contributed by atoms with Crippen molar-refractivity contribution in [2.75, 3.05) is 15.8 Å². The molecule has 7 rings (SSSR count). The maximum absolute atomic E-state index is 6.00. The van der Waals surface area contributed by atoms with Crippen LogP contribution in [-0.2, 0) is 13.2 Å². The van der Waals surface area contributed by atoms with Crippen LogP contribution in [0.15, 0.2) is 180 Å². The molecule has 1 heterocycles. The monoisotopic (exact) mass is 696 g/mol. The first kappa shape index (κ1) is 34.1. The van der Waals surface area contributed by atoms with Crippen molar-refractivity contribution < 1.29 is 9.47 Å². The van der Waals surface area contributed by atoms with E-state index in [1.807, 2.05) is 175 Å². The number of rotatable bonds is 15. The molecule has 10 nitrogen and oxygen atoms in total. The SMILES string of the molecule is C(=N\Nc1nc(N/N=C/c2cccc(OCc3ccccc3)c2)nc(N(c2ccccc2)c2ccccc2)n1)/c1cccc(OCc2ccccc2)c1. The summed E-state index contributed by atoms with van der Waals surface area (Å²) in [6, 6.07) is 55.2. The molecule has 10 heteroatoms. The Bertz CT molecular complexity index is 2100. The normalized spacial score (nSPS) is 11.0. The minimum absolute atomic E-state index is 0.216. The van der Waals surface area contributed by atoms with E-state index < -0.39 is 0 Å². The van der Waals surface area contributed by atoms with Crippen molar-refractivity contribution in [3.8, 4) is 11.5 Å². The molecule has 0 bridgehead atoms. The highest BCUT2D eigenvalue weighted by Crippen LogP contribution is 2.32. The first-order chi connectivity index (χ1) is 26.2. The molecular formula is C43H36N8O2. The number of ether oxygens (including phenoxy) is 2. The third-order valence-electron chi connectivity index (χ3n) is 7.82. The molecule has 0 aliphatic heterocycles. The van der Waals surface area contributed by atoms with Gasteiger partial charge in [0.1, 0.15) is 24.7 Å². The summed E-state index contributed by atoms with van der Waals surface area (Å²) in [7, 11) is 0. The Kier molecular flexibility index (Phi) is 11.3. The summed E-state index contributed by atoms with van der Waals surface area (Å²) in [5.74, 6) is 2.26. The lowest BCUT2D eigenvalue weighted by atomic mass is 10.2. The standard InChI is InChI=1S/C43H36N8O2/c1-5-15-33(16-6-1)31-52-39-25-13-19-35(27-39)29-44-49-41-46-42(48-43(47-41)51(37-21-9-3-10-22-37)38-23-11-4-12-24-38)50-45-30-36-20-14-26-40(28-36)53-32-34-17-7-2-8-18-34/h1-30H,31-32H2,(H2,46,47,48,49,50)/b44-29+,45-30+. The number of hydrogen-bond acceptors (Lipinski definition) is 10. The zero-order chi connectivity index (χ0) is 35.9. The van der Waals surface area contributed by atoms with Crippen LogP contribution in [0.3, 0.4) is 0 Å². The van der Waals surface area contributed by atoms with Crippen molar-refractivity contribution in [3.05, 3.63) is 192 Å². The van der Waals surface area contributed by atoms with E-state index in [-0.39, 0.29) is 11.9 Å². The predicted molar refractivity (Wildman–Crippen MR) is 211 cm³/mol. The molecule has 0 spiro atoms. The van der Waals surface area contributed by atoms with Crippen LogP contribution in [0.2, 0.25) is 0 Å². The van der Waals surface area contributed by atoms with E-state index in [0.29, 0.717) is 19.2 Å². The van der Waals surface area contributed by atoms with Crippen LogP contribution in [0.5, 0.6) is 11.5 Å². The van der Waals surface area contributed by atoms with Gasteiger partial charge in [-0.25, -0.2) is 10.9 Å². The van der Waals surface area contributed by atoms with Gasteiger partial charge in [0.15, 0.2) is 0 Å². The fourth-order valence-electron chi connectivity index (χ4n) is 5.28. The van der Waals surface area contributed by atoms with E-state index in [1.54, 1.807) is 12.4 Å². The van der Waals surface area contributed by atoms with Gasteiger partial charge in [0.2, 0.25) is 17.8 Å². The Hall–Kier alpha value is -7.33. The summed E-state index contributed by atoms with van der Waals surface area (Å²) < 4.78 is 12.0. The average Bonchev–Trinajstić information content (AvgIpc) is 3.21. The number of hydrazone groups is 2. The van der Waals surface area contributed by atoms with Crippen LogP contribution in [0, 0.1) is 0 Å². The van der Waals surface area contributed by atoms with Gasteiger partial charge in [0.25, 0.3) is 0 Å². The molecule has 0 amide bonds. The molecule has 1 aromatic heterocycles. The van der Waals surface area contributed by atoms with Crippen LogP contribution in [0.1, 0.15) is 22.3 Å². The minimum Gasteiger partial charge on any atom is -0.489 e. The predicted octanol–water partition coefficient (Wildman–Crippen LogP) is 9.39. The van der Waals surface area contributed by atoms with Gasteiger partial charge in [-0.05, 0) is 70.8 Å². The Labute approximate surface area is 308 Å². The van der Waals surface area contributed by atoms with Gasteiger partial charge < -0.3 is 9.47 Å². The van der Waals surface area contributed by atoms with Crippen molar-refractivity contribution >= 4 is 41.6 Å². The second-order valence-corrected chi connectivity index (χ2v) is 11.7. The van der Waals surface area contributed by atoms with Crippen molar-refractivity contribution in [1.29, 1.82) is 0 Å². The highest BCUT2D eigenvalue weighted by atomic mass is 16.5. The van der Waals surface area contributed by atoms with Gasteiger partial charge in [-0.1, -0.05) is 121 Å². The first-order valence-electron chi connectivity index (χ1n) is 17.0. The molecule has 7 aromatic rings. The molecule has 0 fully saturated rings. The molecule has 0 saturated heterocycles. The van der Waals surface area contributed by atoms with Crippen molar-refractivity contribution in [2.24, 2.45) is 10.2 Å². The highest BCUT2D eigenvalue weighted by Gasteiger charge is 2.18. The Morgan fingerprint density at radius 1 is 0.472 bits per heavy atom. The topological polar surface area (TPSA) is 109 Å². The Morgan fingerprint density at radius 2 is 0.887 bits per heavy atom. The van der Waals surface area contributed by atoms with Crippen molar-refractivity contribution in [2.45, 2.75) is 13.2 Å². The van der Waals surface area contributed by atoms with E-state index in [4.69, 9.17) is 19.4 Å². The van der Waals surface area contributed by atoms with Gasteiger partial charge in [-0.15, -0.1) is 0 Å². The van der Waals surface area contributed by atoms with Gasteiger partial charge in [-0.2, -0.15) is 25.2 Å². The lowest BCUT2D eigenvalue weighted by Gasteiger charge is -2.23. The van der Waals surface area contributed by atoms with Crippen molar-refractivity contribution in [3.63, 3.8) is 0 Å². The van der Waals surface area contributed by atoms with E-state index in [2.05, 4.69) is 26.0 Å². The molecule has 0 saturated carbocycles. The minimum atomic E-state index is 0.216. The van der Waals surface area contributed by atoms with Crippen LogP contribution in [0.25, 0.3) is 0 Å². The zero-order valence-corrected chi connectivity index (χ0v) is 28.7. The summed E-state index contributed by atoms with van der Waals surface area (Å²) in [6.07, 6.45) is 3.37. The summed E-state index contributed by atoms with van der Waals surface area (Å²) in [6.45, 7) is 0.941. The third-order valence-corrected chi connectivity index (χ3v) is 7.82. The number of nitrogens with zero attached hydrogens (tertiary/aromatic N) is 6. The second kappa shape index (κ2) is 17.6. The maximum atomic E-state index is 6.00. The molecule has 0 aliphatic rings. The number of benzene rings is 6. The summed E-state index contributed by atoms with van der Waals surface area (Å²) in [5, 5.41) is 8.91. The second-order valence-electron chi connectivity index (χ2n) is 11.7. The smallest absolute Gasteiger partial charge is 0.250 e. The number of hydrogen-bond donors (Lipinski definition) is 2. The fraction of sp³-hybridized carbons (Fsp3) is 0.0465. The van der Waals surface area contributed by atoms with Crippen LogP contribution in [0.4, 0.5) is 29.2 Å². The number of aromatic nitrogens is 3. The van der Waals surface area contributed by atoms with Crippen LogP contribution >= 0.6 is 0 Å². The third kappa shape index (κ3) is 9.89. The lowest BCUT2D eigenvalue weighted by Crippen LogP contribution is -2.16. The Morgan fingerprint density at radius 3 is 1.32 bits per heavy atom. The maximum Gasteiger partial charge on any atom is 0.250 e. The van der Waals surface area contributed by atoms with Crippen LogP contribution < -0.4 is 25.2 Å². The molecule has 0 unspecified atom stereocenters. The molecule has 53 heavy (non-hydrogen) atoms. The number of anilines is 5. The first-order valence-corrected chi connectivity index (χ1v) is 17.0. The largest absolute Gasteiger partial charge is 0.489 e. The van der Waals surface area contributed by atoms with E-state index >= 15 is 0 Å². The number of para-hydroxylation sites is 2. The highest BCUT2D eigenvalue weighted by molar-refractivity contribution is 5.81. The lowest BCUT2D eigenvalue weighted by molar-refractivity contribution is 0.306. The van der Waals surface area contributed by atoms with Crippen molar-refractivity contribution in [1.82, 2.24) is 15.0 Å². The van der Waals surface area contributed by atoms with E-state index in [0.717, 1.165) is 45.1 Å². The summed E-state index contributed by atoms with van der Waals surface area (Å²) in [5.41, 5.74) is 11.6. The quantitative estimate of drug-likeness (QED) is 0.0807. The molecule has 0 atom stereocenters. The van der Waals surface area contributed by atoms with Gasteiger partial charge in [-0.3, -0.25) is 4.90 Å². The summed E-state index contributed by atoms with van der Waals surface area (Å²) in [4.78, 5) is 16.1. The van der Waals surface area contributed by atoms with E-state index in [1.165, 1.54) is 0 Å². The van der Waals surface area contributed by atoms with Gasteiger partial charge in [0, 0.05) is 11.4 Å². The van der Waals surface area contributed by atoms with E-state index in [9.17, 15) is 0 Å².